The molecule has 0 radical (unpaired) electrons. The summed E-state index contributed by atoms with van der Waals surface area (Å²) in [5, 5.41) is 0.582. The molecule has 4 nitrogen and oxygen atoms in total. The van der Waals surface area contributed by atoms with Gasteiger partial charge in [0.15, 0.2) is 6.10 Å². The van der Waals surface area contributed by atoms with Crippen LogP contribution in [0.15, 0.2) is 41.4 Å². The van der Waals surface area contributed by atoms with Crippen molar-refractivity contribution in [2.75, 3.05) is 6.61 Å². The Morgan fingerprint density at radius 2 is 2.14 bits per heavy atom. The number of benzene rings is 1. The van der Waals surface area contributed by atoms with Crippen molar-refractivity contribution in [3.05, 3.63) is 41.6 Å². The van der Waals surface area contributed by atoms with Crippen molar-refractivity contribution in [1.29, 1.82) is 0 Å². The van der Waals surface area contributed by atoms with Gasteiger partial charge in [-0.15, -0.1) is 12.6 Å². The van der Waals surface area contributed by atoms with Crippen LogP contribution in [0.1, 0.15) is 13.8 Å². The van der Waals surface area contributed by atoms with Gasteiger partial charge in [0.25, 0.3) is 0 Å². The van der Waals surface area contributed by atoms with Crippen LogP contribution in [-0.2, 0) is 9.53 Å². The monoisotopic (exact) mass is 337 g/mol. The van der Waals surface area contributed by atoms with Gasteiger partial charge >= 0.3 is 5.97 Å². The van der Waals surface area contributed by atoms with Gasteiger partial charge in [-0.2, -0.15) is 0 Å². The van der Waals surface area contributed by atoms with Gasteiger partial charge in [0, 0.05) is 16.7 Å². The number of halogens is 1. The predicted molar refractivity (Wildman–Crippen MR) is 88.7 cm³/mol. The number of pyridine rings is 1. The van der Waals surface area contributed by atoms with Gasteiger partial charge < -0.3 is 9.47 Å². The summed E-state index contributed by atoms with van der Waals surface area (Å²) >= 11 is 10.2. The van der Waals surface area contributed by atoms with E-state index in [2.05, 4.69) is 17.6 Å². The molecule has 0 fully saturated rings. The highest BCUT2D eigenvalue weighted by atomic mass is 35.5. The standard InChI is InChI=1S/C16H16ClNO3S/c1-3-20-16(19)10(2)21-14-7-4-11(8-15(14)22)13-6-5-12(17)9-18-13/h4-10,22H,3H2,1-2H3. The molecule has 1 aromatic heterocycles. The van der Waals surface area contributed by atoms with Crippen molar-refractivity contribution in [2.24, 2.45) is 0 Å². The van der Waals surface area contributed by atoms with E-state index in [1.165, 1.54) is 0 Å². The van der Waals surface area contributed by atoms with E-state index in [0.29, 0.717) is 22.3 Å². The molecule has 0 aliphatic rings. The molecule has 0 N–H and O–H groups in total. The van der Waals surface area contributed by atoms with E-state index in [0.717, 1.165) is 11.3 Å². The van der Waals surface area contributed by atoms with Crippen LogP contribution in [0, 0.1) is 0 Å². The lowest BCUT2D eigenvalue weighted by Crippen LogP contribution is -2.26. The van der Waals surface area contributed by atoms with Crippen molar-refractivity contribution in [1.82, 2.24) is 4.98 Å². The summed E-state index contributed by atoms with van der Waals surface area (Å²) in [5.41, 5.74) is 1.67. The molecular formula is C16H16ClNO3S. The predicted octanol–water partition coefficient (Wildman–Crippen LogP) is 4.02. The van der Waals surface area contributed by atoms with E-state index in [9.17, 15) is 4.79 Å². The van der Waals surface area contributed by atoms with Crippen molar-refractivity contribution < 1.29 is 14.3 Å². The first-order chi connectivity index (χ1) is 10.5. The van der Waals surface area contributed by atoms with Crippen LogP contribution in [0.4, 0.5) is 0 Å². The van der Waals surface area contributed by atoms with E-state index in [4.69, 9.17) is 21.1 Å². The summed E-state index contributed by atoms with van der Waals surface area (Å²) in [6.45, 7) is 3.71. The number of hydrogen-bond acceptors (Lipinski definition) is 5. The van der Waals surface area contributed by atoms with Gasteiger partial charge in [0.05, 0.1) is 17.3 Å². The third kappa shape index (κ3) is 4.15. The molecule has 2 rings (SSSR count). The number of rotatable bonds is 5. The van der Waals surface area contributed by atoms with E-state index in [1.807, 2.05) is 18.2 Å². The second-order valence-electron chi connectivity index (χ2n) is 4.56. The number of carbonyl (C=O) groups excluding carboxylic acids is 1. The first-order valence-electron chi connectivity index (χ1n) is 6.79. The second-order valence-corrected chi connectivity index (χ2v) is 5.47. The second kappa shape index (κ2) is 7.51. The lowest BCUT2D eigenvalue weighted by atomic mass is 10.1. The molecule has 1 atom stereocenters. The third-order valence-electron chi connectivity index (χ3n) is 2.90. The molecule has 2 aromatic rings. The number of carbonyl (C=O) groups is 1. The lowest BCUT2D eigenvalue weighted by molar-refractivity contribution is -0.150. The Morgan fingerprint density at radius 1 is 1.36 bits per heavy atom. The zero-order chi connectivity index (χ0) is 16.1. The Balaban J connectivity index is 2.16. The van der Waals surface area contributed by atoms with Gasteiger partial charge in [-0.1, -0.05) is 11.6 Å². The Morgan fingerprint density at radius 3 is 2.73 bits per heavy atom. The Kier molecular flexibility index (Phi) is 5.69. The van der Waals surface area contributed by atoms with Gasteiger partial charge in [0.2, 0.25) is 0 Å². The molecule has 0 spiro atoms. The minimum Gasteiger partial charge on any atom is -0.478 e. The maximum atomic E-state index is 11.6. The fourth-order valence-corrected chi connectivity index (χ4v) is 2.20. The van der Waals surface area contributed by atoms with E-state index < -0.39 is 12.1 Å². The number of hydrogen-bond donors (Lipinski definition) is 1. The molecule has 0 saturated carbocycles. The van der Waals surface area contributed by atoms with Crippen LogP contribution < -0.4 is 4.74 Å². The molecule has 116 valence electrons. The van der Waals surface area contributed by atoms with Gasteiger partial charge in [-0.25, -0.2) is 4.79 Å². The van der Waals surface area contributed by atoms with Gasteiger partial charge in [-0.3, -0.25) is 4.98 Å². The molecule has 6 heteroatoms. The van der Waals surface area contributed by atoms with E-state index in [-0.39, 0.29) is 0 Å². The molecule has 1 heterocycles. The summed E-state index contributed by atoms with van der Waals surface area (Å²) in [7, 11) is 0. The highest BCUT2D eigenvalue weighted by molar-refractivity contribution is 7.80. The maximum Gasteiger partial charge on any atom is 0.347 e. The van der Waals surface area contributed by atoms with E-state index in [1.54, 1.807) is 32.2 Å². The average Bonchev–Trinajstić information content (AvgIpc) is 2.50. The van der Waals surface area contributed by atoms with Crippen LogP contribution in [0.2, 0.25) is 5.02 Å². The molecule has 0 bridgehead atoms. The zero-order valence-corrected chi connectivity index (χ0v) is 13.9. The normalized spacial score (nSPS) is 11.8. The molecule has 0 aliphatic carbocycles. The highest BCUT2D eigenvalue weighted by Gasteiger charge is 2.17. The average molecular weight is 338 g/mol. The van der Waals surface area contributed by atoms with Gasteiger partial charge in [0.1, 0.15) is 5.75 Å². The smallest absolute Gasteiger partial charge is 0.347 e. The SMILES string of the molecule is CCOC(=O)C(C)Oc1ccc(-c2ccc(Cl)cn2)cc1S. The van der Waals surface area contributed by atoms with Crippen LogP contribution in [-0.4, -0.2) is 23.7 Å². The largest absolute Gasteiger partial charge is 0.478 e. The number of aromatic nitrogens is 1. The summed E-state index contributed by atoms with van der Waals surface area (Å²) in [6, 6.07) is 9.03. The lowest BCUT2D eigenvalue weighted by Gasteiger charge is -2.15. The number of thiol groups is 1. The van der Waals surface area contributed by atoms with Gasteiger partial charge in [-0.05, 0) is 44.2 Å². The highest BCUT2D eigenvalue weighted by Crippen LogP contribution is 2.29. The molecule has 1 aromatic carbocycles. The van der Waals surface area contributed by atoms with Crippen LogP contribution in [0.25, 0.3) is 11.3 Å². The minimum absolute atomic E-state index is 0.321. The Bertz CT molecular complexity index is 661. The molecular weight excluding hydrogens is 322 g/mol. The summed E-state index contributed by atoms with van der Waals surface area (Å²) in [6.07, 6.45) is 0.896. The first kappa shape index (κ1) is 16.6. The topological polar surface area (TPSA) is 48.4 Å². The Labute approximate surface area is 139 Å². The zero-order valence-electron chi connectivity index (χ0n) is 12.2. The van der Waals surface area contributed by atoms with Crippen LogP contribution in [0.3, 0.4) is 0 Å². The number of esters is 1. The fourth-order valence-electron chi connectivity index (χ4n) is 1.82. The quantitative estimate of drug-likeness (QED) is 0.661. The Hall–Kier alpha value is -1.72. The third-order valence-corrected chi connectivity index (χ3v) is 3.48. The molecule has 0 amide bonds. The fraction of sp³-hybridized carbons (Fsp3) is 0.250. The summed E-state index contributed by atoms with van der Waals surface area (Å²) in [5.74, 6) is 0.111. The molecule has 22 heavy (non-hydrogen) atoms. The van der Waals surface area contributed by atoms with Crippen LogP contribution >= 0.6 is 24.2 Å². The van der Waals surface area contributed by atoms with Crippen LogP contribution in [0.5, 0.6) is 5.75 Å². The molecule has 0 saturated heterocycles. The molecule has 1 unspecified atom stereocenters. The van der Waals surface area contributed by atoms with Crippen molar-refractivity contribution in [3.63, 3.8) is 0 Å². The summed E-state index contributed by atoms with van der Waals surface area (Å²) in [4.78, 5) is 16.5. The van der Waals surface area contributed by atoms with E-state index >= 15 is 0 Å². The van der Waals surface area contributed by atoms with Crippen molar-refractivity contribution in [3.8, 4) is 17.0 Å². The summed E-state index contributed by atoms with van der Waals surface area (Å²) < 4.78 is 10.5. The molecule has 0 aliphatic heterocycles. The van der Waals surface area contributed by atoms with Crippen molar-refractivity contribution >= 4 is 30.2 Å². The number of nitrogens with zero attached hydrogens (tertiary/aromatic N) is 1. The first-order valence-corrected chi connectivity index (χ1v) is 7.62. The maximum absolute atomic E-state index is 11.6. The minimum atomic E-state index is -0.689. The van der Waals surface area contributed by atoms with Crippen molar-refractivity contribution in [2.45, 2.75) is 24.8 Å². The number of ether oxygens (including phenoxy) is 2.